The number of nitrogens with one attached hydrogen (secondary N) is 3. The molecule has 262 valence electrons. The average molecular weight is 677 g/mol. The monoisotopic (exact) mass is 676 g/mol. The Morgan fingerprint density at radius 2 is 1.24 bits per heavy atom. The molecule has 4 aromatic carbocycles. The van der Waals surface area contributed by atoms with Crippen LogP contribution in [0.25, 0.3) is 0 Å². The van der Waals surface area contributed by atoms with Crippen LogP contribution in [0, 0.1) is 5.92 Å². The molecule has 0 aromatic heterocycles. The number of nitrogens with zero attached hydrogens (tertiary/aromatic N) is 1. The highest BCUT2D eigenvalue weighted by molar-refractivity contribution is 5.98. The van der Waals surface area contributed by atoms with E-state index < -0.39 is 18.0 Å². The fourth-order valence-electron chi connectivity index (χ4n) is 5.86. The van der Waals surface area contributed by atoms with Gasteiger partial charge in [-0.25, -0.2) is 4.79 Å². The molecule has 1 aliphatic rings. The van der Waals surface area contributed by atoms with E-state index in [4.69, 9.17) is 9.47 Å². The van der Waals surface area contributed by atoms with Crippen molar-refractivity contribution in [3.05, 3.63) is 120 Å². The maximum Gasteiger partial charge on any atom is 0.318 e. The minimum Gasteiger partial charge on any atom is -0.489 e. The Hall–Kier alpha value is -5.31. The van der Waals surface area contributed by atoms with Crippen LogP contribution in [-0.4, -0.2) is 47.9 Å². The van der Waals surface area contributed by atoms with Crippen LogP contribution in [-0.2, 0) is 22.6 Å². The lowest BCUT2D eigenvalue weighted by atomic mass is 10.0. The van der Waals surface area contributed by atoms with Crippen molar-refractivity contribution in [3.63, 3.8) is 0 Å². The number of urea groups is 1. The van der Waals surface area contributed by atoms with Gasteiger partial charge in [-0.1, -0.05) is 87.4 Å². The van der Waals surface area contributed by atoms with E-state index in [0.29, 0.717) is 49.1 Å². The van der Waals surface area contributed by atoms with Crippen molar-refractivity contribution in [3.8, 4) is 17.2 Å². The maximum atomic E-state index is 13.9. The third kappa shape index (κ3) is 11.4. The molecule has 0 aliphatic carbocycles. The van der Waals surface area contributed by atoms with Gasteiger partial charge in [0.15, 0.2) is 0 Å². The number of hydrogen-bond donors (Lipinski definition) is 3. The van der Waals surface area contributed by atoms with Crippen molar-refractivity contribution in [2.24, 2.45) is 5.92 Å². The smallest absolute Gasteiger partial charge is 0.318 e. The van der Waals surface area contributed by atoms with E-state index in [2.05, 4.69) is 16.0 Å². The number of carbonyl (C=O) groups is 3. The van der Waals surface area contributed by atoms with Crippen molar-refractivity contribution in [1.29, 1.82) is 0 Å². The molecule has 4 aromatic rings. The normalized spacial score (nSPS) is 14.2. The third-order valence-corrected chi connectivity index (χ3v) is 8.56. The summed E-state index contributed by atoms with van der Waals surface area (Å²) in [4.78, 5) is 42.7. The number of rotatable bonds is 14. The zero-order chi connectivity index (χ0) is 35.1. The number of para-hydroxylation sites is 1. The Balaban J connectivity index is 1.29. The molecule has 1 fully saturated rings. The lowest BCUT2D eigenvalue weighted by molar-refractivity contribution is -0.128. The Kier molecular flexibility index (Phi) is 13.3. The second-order valence-electron chi connectivity index (χ2n) is 13.1. The lowest BCUT2D eigenvalue weighted by Crippen LogP contribution is -2.55. The summed E-state index contributed by atoms with van der Waals surface area (Å²) in [6.07, 6.45) is 4.77. The van der Waals surface area contributed by atoms with Crippen LogP contribution in [0.1, 0.15) is 57.1 Å². The summed E-state index contributed by atoms with van der Waals surface area (Å²) in [7, 11) is 0. The fraction of sp³-hybridized carbons (Fsp3) is 0.341. The van der Waals surface area contributed by atoms with Gasteiger partial charge in [0.05, 0.1) is 0 Å². The average Bonchev–Trinajstić information content (AvgIpc) is 3.42. The predicted octanol–water partition coefficient (Wildman–Crippen LogP) is 7.72. The molecule has 4 amide bonds. The summed E-state index contributed by atoms with van der Waals surface area (Å²) < 4.78 is 11.8. The zero-order valence-corrected chi connectivity index (χ0v) is 29.0. The molecule has 0 bridgehead atoms. The van der Waals surface area contributed by atoms with Gasteiger partial charge < -0.3 is 30.3 Å². The molecule has 1 saturated heterocycles. The van der Waals surface area contributed by atoms with Crippen LogP contribution in [0.4, 0.5) is 10.5 Å². The van der Waals surface area contributed by atoms with Crippen LogP contribution in [0.15, 0.2) is 109 Å². The number of carbonyl (C=O) groups excluding carboxylic acids is 3. The quantitative estimate of drug-likeness (QED) is 0.127. The second kappa shape index (κ2) is 18.5. The number of ether oxygens (including phenoxy) is 2. The summed E-state index contributed by atoms with van der Waals surface area (Å²) in [6, 6.07) is 32.0. The van der Waals surface area contributed by atoms with Gasteiger partial charge in [0, 0.05) is 25.2 Å². The molecule has 3 N–H and O–H groups in total. The van der Waals surface area contributed by atoms with Gasteiger partial charge in [-0.15, -0.1) is 0 Å². The SMILES string of the molecule is CC(C)C[C@H](NC(=O)N1CCCCCC1)C(=O)N[C@@H](Cc1ccc(OCc2ccccc2)cc1)C(=O)Nc1ccc(Oc2ccccc2)cc1. The summed E-state index contributed by atoms with van der Waals surface area (Å²) >= 11 is 0. The highest BCUT2D eigenvalue weighted by atomic mass is 16.5. The molecule has 1 aliphatic heterocycles. The Bertz CT molecular complexity index is 1640. The predicted molar refractivity (Wildman–Crippen MR) is 196 cm³/mol. The topological polar surface area (TPSA) is 109 Å². The molecular weight excluding hydrogens is 628 g/mol. The second-order valence-corrected chi connectivity index (χ2v) is 13.1. The minimum atomic E-state index is -0.913. The number of hydrogen-bond acceptors (Lipinski definition) is 5. The molecule has 50 heavy (non-hydrogen) atoms. The Morgan fingerprint density at radius 3 is 1.88 bits per heavy atom. The molecule has 0 unspecified atom stereocenters. The van der Waals surface area contributed by atoms with Crippen molar-refractivity contribution >= 4 is 23.5 Å². The molecular formula is C41H48N4O5. The van der Waals surface area contributed by atoms with E-state index in [-0.39, 0.29) is 24.3 Å². The first-order valence-electron chi connectivity index (χ1n) is 17.6. The van der Waals surface area contributed by atoms with Gasteiger partial charge in [-0.05, 0) is 84.8 Å². The van der Waals surface area contributed by atoms with E-state index in [0.717, 1.165) is 36.8 Å². The molecule has 0 radical (unpaired) electrons. The van der Waals surface area contributed by atoms with Crippen LogP contribution in [0.5, 0.6) is 17.2 Å². The van der Waals surface area contributed by atoms with Crippen LogP contribution in [0.2, 0.25) is 0 Å². The van der Waals surface area contributed by atoms with Gasteiger partial charge in [-0.2, -0.15) is 0 Å². The number of benzene rings is 4. The summed E-state index contributed by atoms with van der Waals surface area (Å²) in [5, 5.41) is 8.91. The molecule has 5 rings (SSSR count). The van der Waals surface area contributed by atoms with Gasteiger partial charge in [-0.3, -0.25) is 9.59 Å². The van der Waals surface area contributed by atoms with Crippen molar-refractivity contribution in [2.75, 3.05) is 18.4 Å². The van der Waals surface area contributed by atoms with Gasteiger partial charge in [0.25, 0.3) is 0 Å². The number of anilines is 1. The first-order chi connectivity index (χ1) is 24.3. The zero-order valence-electron chi connectivity index (χ0n) is 29.0. The molecule has 2 atom stereocenters. The summed E-state index contributed by atoms with van der Waals surface area (Å²) in [6.45, 7) is 5.81. The standard InChI is InChI=1S/C41H48N4O5/c1-30(2)27-37(44-41(48)45-25-11-3-4-12-26-45)40(47)43-38(28-31-17-21-34(22-18-31)49-29-32-13-7-5-8-14-32)39(46)42-33-19-23-36(24-20-33)50-35-15-9-6-10-16-35/h5-10,13-24,30,37-38H,3-4,11-12,25-29H2,1-2H3,(H,42,46)(H,43,47)(H,44,48)/t37-,38-/m0/s1. The Labute approximate surface area is 295 Å². The highest BCUT2D eigenvalue weighted by Gasteiger charge is 2.29. The van der Waals surface area contributed by atoms with Crippen LogP contribution >= 0.6 is 0 Å². The summed E-state index contributed by atoms with van der Waals surface area (Å²) in [5.74, 6) is 1.42. The van der Waals surface area contributed by atoms with Gasteiger partial charge >= 0.3 is 6.03 Å². The summed E-state index contributed by atoms with van der Waals surface area (Å²) in [5.41, 5.74) is 2.47. The van der Waals surface area contributed by atoms with E-state index >= 15 is 0 Å². The van der Waals surface area contributed by atoms with Crippen molar-refractivity contribution in [2.45, 2.75) is 71.1 Å². The third-order valence-electron chi connectivity index (χ3n) is 8.56. The lowest BCUT2D eigenvalue weighted by Gasteiger charge is -2.27. The highest BCUT2D eigenvalue weighted by Crippen LogP contribution is 2.23. The van der Waals surface area contributed by atoms with E-state index in [1.807, 2.05) is 98.8 Å². The van der Waals surface area contributed by atoms with Crippen molar-refractivity contribution < 1.29 is 23.9 Å². The minimum absolute atomic E-state index is 0.141. The first kappa shape index (κ1) is 36.0. The van der Waals surface area contributed by atoms with Crippen LogP contribution in [0.3, 0.4) is 0 Å². The first-order valence-corrected chi connectivity index (χ1v) is 17.6. The molecule has 9 heteroatoms. The maximum absolute atomic E-state index is 13.9. The van der Waals surface area contributed by atoms with Gasteiger partial charge in [0.1, 0.15) is 35.9 Å². The van der Waals surface area contributed by atoms with E-state index in [1.165, 1.54) is 0 Å². The van der Waals surface area contributed by atoms with Crippen molar-refractivity contribution in [1.82, 2.24) is 15.5 Å². The molecule has 0 saturated carbocycles. The van der Waals surface area contributed by atoms with Gasteiger partial charge in [0.2, 0.25) is 11.8 Å². The number of likely N-dealkylation sites (tertiary alicyclic amines) is 1. The molecule has 9 nitrogen and oxygen atoms in total. The largest absolute Gasteiger partial charge is 0.489 e. The fourth-order valence-corrected chi connectivity index (χ4v) is 5.86. The molecule has 1 heterocycles. The number of amides is 4. The Morgan fingerprint density at radius 1 is 0.640 bits per heavy atom. The van der Waals surface area contributed by atoms with E-state index in [9.17, 15) is 14.4 Å². The van der Waals surface area contributed by atoms with E-state index in [1.54, 1.807) is 29.2 Å². The van der Waals surface area contributed by atoms with Crippen LogP contribution < -0.4 is 25.4 Å². The molecule has 0 spiro atoms.